The van der Waals surface area contributed by atoms with Crippen molar-refractivity contribution >= 4 is 41.2 Å². The van der Waals surface area contributed by atoms with Crippen LogP contribution in [-0.4, -0.2) is 24.1 Å². The van der Waals surface area contributed by atoms with Gasteiger partial charge in [-0.2, -0.15) is 5.10 Å². The van der Waals surface area contributed by atoms with Crippen molar-refractivity contribution in [1.82, 2.24) is 10.7 Å². The summed E-state index contributed by atoms with van der Waals surface area (Å²) >= 11 is 12.5. The molecule has 0 saturated carbocycles. The number of carbonyl (C=O) groups is 2. The third-order valence-corrected chi connectivity index (χ3v) is 3.81. The largest absolute Gasteiger partial charge is 0.486 e. The van der Waals surface area contributed by atoms with Gasteiger partial charge in [-0.25, -0.2) is 5.43 Å². The van der Waals surface area contributed by atoms with Gasteiger partial charge in [0.05, 0.1) is 16.3 Å². The first kappa shape index (κ1) is 20.7. The third kappa shape index (κ3) is 6.58. The van der Waals surface area contributed by atoms with Gasteiger partial charge in [0.1, 0.15) is 6.61 Å². The van der Waals surface area contributed by atoms with Crippen LogP contribution in [0.3, 0.4) is 0 Å². The Bertz CT molecular complexity index is 816. The van der Waals surface area contributed by atoms with Crippen LogP contribution in [0, 0.1) is 0 Å². The molecule has 142 valence electrons. The highest BCUT2D eigenvalue weighted by Crippen LogP contribution is 2.34. The summed E-state index contributed by atoms with van der Waals surface area (Å²) in [5, 5.41) is 6.81. The molecule has 2 aromatic rings. The molecule has 8 heteroatoms. The van der Waals surface area contributed by atoms with Gasteiger partial charge in [-0.15, -0.1) is 0 Å². The molecule has 0 aliphatic rings. The zero-order chi connectivity index (χ0) is 19.8. The number of benzene rings is 2. The predicted molar refractivity (Wildman–Crippen MR) is 106 cm³/mol. The number of hydrazone groups is 1. The predicted octanol–water partition coefficient (Wildman–Crippen LogP) is 3.55. The maximum Gasteiger partial charge on any atom is 0.329 e. The lowest BCUT2D eigenvalue weighted by Gasteiger charge is -2.11. The number of nitrogens with zero attached hydrogens (tertiary/aromatic N) is 1. The van der Waals surface area contributed by atoms with E-state index >= 15 is 0 Å². The van der Waals surface area contributed by atoms with Crippen molar-refractivity contribution in [3.8, 4) is 5.75 Å². The van der Waals surface area contributed by atoms with Crippen molar-refractivity contribution < 1.29 is 14.3 Å². The van der Waals surface area contributed by atoms with Gasteiger partial charge in [0, 0.05) is 6.04 Å². The maximum atomic E-state index is 11.6. The summed E-state index contributed by atoms with van der Waals surface area (Å²) in [6.45, 7) is 3.83. The van der Waals surface area contributed by atoms with E-state index in [1.165, 1.54) is 6.21 Å². The second kappa shape index (κ2) is 9.94. The molecule has 27 heavy (non-hydrogen) atoms. The molecule has 2 amide bonds. The molecule has 0 radical (unpaired) electrons. The third-order valence-electron chi connectivity index (χ3n) is 3.25. The zero-order valence-corrected chi connectivity index (χ0v) is 16.3. The van der Waals surface area contributed by atoms with E-state index in [1.54, 1.807) is 26.0 Å². The summed E-state index contributed by atoms with van der Waals surface area (Å²) in [6.07, 6.45) is 1.33. The first-order chi connectivity index (χ1) is 12.9. The molecule has 0 saturated heterocycles. The van der Waals surface area contributed by atoms with Crippen molar-refractivity contribution in [1.29, 1.82) is 0 Å². The van der Waals surface area contributed by atoms with Crippen molar-refractivity contribution in [3.05, 3.63) is 63.6 Å². The van der Waals surface area contributed by atoms with Crippen molar-refractivity contribution in [2.75, 3.05) is 0 Å². The first-order valence-electron chi connectivity index (χ1n) is 8.16. The zero-order valence-electron chi connectivity index (χ0n) is 14.8. The first-order valence-corrected chi connectivity index (χ1v) is 8.92. The van der Waals surface area contributed by atoms with Crippen LogP contribution in [0.5, 0.6) is 5.75 Å². The van der Waals surface area contributed by atoms with Crippen LogP contribution in [0.2, 0.25) is 10.0 Å². The number of hydrogen-bond donors (Lipinski definition) is 2. The molecule has 0 aliphatic carbocycles. The van der Waals surface area contributed by atoms with Crippen molar-refractivity contribution in [2.24, 2.45) is 5.10 Å². The molecule has 0 aliphatic heterocycles. The fourth-order valence-corrected chi connectivity index (χ4v) is 2.68. The van der Waals surface area contributed by atoms with Crippen LogP contribution in [0.1, 0.15) is 25.0 Å². The van der Waals surface area contributed by atoms with Gasteiger partial charge >= 0.3 is 11.8 Å². The number of ether oxygens (including phenoxy) is 1. The van der Waals surface area contributed by atoms with Crippen molar-refractivity contribution in [3.63, 3.8) is 0 Å². The summed E-state index contributed by atoms with van der Waals surface area (Å²) in [4.78, 5) is 23.0. The number of carbonyl (C=O) groups excluding carboxylic acids is 2. The van der Waals surface area contributed by atoms with Crippen LogP contribution < -0.4 is 15.5 Å². The van der Waals surface area contributed by atoms with Crippen molar-refractivity contribution in [2.45, 2.75) is 26.5 Å². The lowest BCUT2D eigenvalue weighted by atomic mass is 10.2. The number of rotatable bonds is 6. The molecule has 2 N–H and O–H groups in total. The number of hydrogen-bond acceptors (Lipinski definition) is 4. The molecular formula is C19H19Cl2N3O3. The number of amides is 2. The minimum Gasteiger partial charge on any atom is -0.486 e. The molecule has 0 bridgehead atoms. The smallest absolute Gasteiger partial charge is 0.329 e. The Morgan fingerprint density at radius 1 is 1.11 bits per heavy atom. The highest BCUT2D eigenvalue weighted by Gasteiger charge is 2.13. The van der Waals surface area contributed by atoms with E-state index in [0.717, 1.165) is 5.56 Å². The quantitative estimate of drug-likeness (QED) is 0.436. The Labute approximate surface area is 167 Å². The fourth-order valence-electron chi connectivity index (χ4n) is 2.07. The highest BCUT2D eigenvalue weighted by molar-refractivity contribution is 6.37. The van der Waals surface area contributed by atoms with Gasteiger partial charge in [-0.3, -0.25) is 9.59 Å². The van der Waals surface area contributed by atoms with Gasteiger partial charge in [0.2, 0.25) is 0 Å². The fraction of sp³-hybridized carbons (Fsp3) is 0.211. The Morgan fingerprint density at radius 2 is 1.74 bits per heavy atom. The average Bonchev–Trinajstić information content (AvgIpc) is 2.61. The van der Waals surface area contributed by atoms with E-state index in [9.17, 15) is 9.59 Å². The van der Waals surface area contributed by atoms with Gasteiger partial charge in [-0.05, 0) is 37.1 Å². The van der Waals surface area contributed by atoms with Gasteiger partial charge in [0.15, 0.2) is 5.75 Å². The molecule has 0 unspecified atom stereocenters. The highest BCUT2D eigenvalue weighted by atomic mass is 35.5. The molecule has 0 fully saturated rings. The van der Waals surface area contributed by atoms with E-state index in [-0.39, 0.29) is 6.04 Å². The molecular weight excluding hydrogens is 389 g/mol. The summed E-state index contributed by atoms with van der Waals surface area (Å²) in [5.41, 5.74) is 3.66. The van der Waals surface area contributed by atoms with Crippen LogP contribution in [0.15, 0.2) is 47.6 Å². The molecule has 2 aromatic carbocycles. The lowest BCUT2D eigenvalue weighted by molar-refractivity contribution is -0.139. The van der Waals surface area contributed by atoms with E-state index in [1.807, 2.05) is 30.3 Å². The maximum absolute atomic E-state index is 11.6. The standard InChI is InChI=1S/C19H19Cl2N3O3/c1-12(2)23-18(25)19(26)24-22-10-14-8-15(20)17(16(21)9-14)27-11-13-6-4-3-5-7-13/h3-10,12H,11H2,1-2H3,(H,23,25)(H,24,26)/b22-10-. The second-order valence-electron chi connectivity index (χ2n) is 5.92. The molecule has 0 heterocycles. The molecule has 0 spiro atoms. The van der Waals surface area contributed by atoms with Gasteiger partial charge in [-0.1, -0.05) is 53.5 Å². The summed E-state index contributed by atoms with van der Waals surface area (Å²) in [7, 11) is 0. The Kier molecular flexibility index (Phi) is 7.64. The molecule has 0 atom stereocenters. The Morgan fingerprint density at radius 3 is 2.33 bits per heavy atom. The summed E-state index contributed by atoms with van der Waals surface area (Å²) in [6, 6.07) is 12.7. The normalized spacial score (nSPS) is 10.9. The Hall–Kier alpha value is -2.57. The molecule has 6 nitrogen and oxygen atoms in total. The van der Waals surface area contributed by atoms with E-state index in [0.29, 0.717) is 28.0 Å². The van der Waals surface area contributed by atoms with E-state index in [2.05, 4.69) is 15.8 Å². The SMILES string of the molecule is CC(C)NC(=O)C(=O)N/N=C\c1cc(Cl)c(OCc2ccccc2)c(Cl)c1. The minimum atomic E-state index is -0.861. The van der Waals surface area contributed by atoms with Crippen LogP contribution in [-0.2, 0) is 16.2 Å². The lowest BCUT2D eigenvalue weighted by Crippen LogP contribution is -2.41. The second-order valence-corrected chi connectivity index (χ2v) is 6.73. The number of nitrogens with one attached hydrogen (secondary N) is 2. The average molecular weight is 408 g/mol. The van der Waals surface area contributed by atoms with Crippen LogP contribution in [0.25, 0.3) is 0 Å². The Balaban J connectivity index is 1.99. The molecule has 2 rings (SSSR count). The van der Waals surface area contributed by atoms with Crippen LogP contribution >= 0.6 is 23.2 Å². The summed E-state index contributed by atoms with van der Waals surface area (Å²) < 4.78 is 5.69. The van der Waals surface area contributed by atoms with Gasteiger partial charge in [0.25, 0.3) is 0 Å². The number of halogens is 2. The van der Waals surface area contributed by atoms with E-state index < -0.39 is 11.8 Å². The van der Waals surface area contributed by atoms with E-state index in [4.69, 9.17) is 27.9 Å². The van der Waals surface area contributed by atoms with Crippen LogP contribution in [0.4, 0.5) is 0 Å². The molecule has 0 aromatic heterocycles. The summed E-state index contributed by atoms with van der Waals surface area (Å²) in [5.74, 6) is -1.26. The monoisotopic (exact) mass is 407 g/mol. The minimum absolute atomic E-state index is 0.145. The van der Waals surface area contributed by atoms with Gasteiger partial charge < -0.3 is 10.1 Å². The topological polar surface area (TPSA) is 79.8 Å².